The Balaban J connectivity index is 1.55. The molecule has 33 heavy (non-hydrogen) atoms. The Bertz CT molecular complexity index is 952. The number of hydrogen-bond donors (Lipinski definition) is 0. The molecule has 178 valence electrons. The number of nitrogens with zero attached hydrogens (tertiary/aromatic N) is 1. The molecule has 2 aliphatic heterocycles. The predicted molar refractivity (Wildman–Crippen MR) is 124 cm³/mol. The molecule has 1 unspecified atom stereocenters. The molecule has 2 fully saturated rings. The summed E-state index contributed by atoms with van der Waals surface area (Å²) in [6.45, 7) is 5.76. The van der Waals surface area contributed by atoms with Crippen molar-refractivity contribution in [3.63, 3.8) is 0 Å². The third-order valence-electron chi connectivity index (χ3n) is 6.15. The molecule has 0 aromatic heterocycles. The zero-order chi connectivity index (χ0) is 23.3. The number of ether oxygens (including phenoxy) is 5. The number of rotatable bonds is 10. The quantitative estimate of drug-likeness (QED) is 0.541. The lowest BCUT2D eigenvalue weighted by atomic mass is 9.90. The first-order chi connectivity index (χ1) is 16.0. The van der Waals surface area contributed by atoms with Crippen LogP contribution in [0.5, 0.6) is 17.2 Å². The van der Waals surface area contributed by atoms with Crippen LogP contribution in [0.2, 0.25) is 0 Å². The standard InChI is InChI=1S/C26H33NO6/c1-26(16-31-17-26)18-33-24-13-19(10-11-23(24)30-3)14-27(15-20-7-6-12-32-20)25(28)21-8-4-5-9-22(21)29-2/h4-5,8-11,13,20H,6-7,12,14-18H2,1-3H3. The van der Waals surface area contributed by atoms with Crippen molar-refractivity contribution in [1.82, 2.24) is 4.90 Å². The van der Waals surface area contributed by atoms with Crippen molar-refractivity contribution in [2.24, 2.45) is 5.41 Å². The Morgan fingerprint density at radius 3 is 2.55 bits per heavy atom. The van der Waals surface area contributed by atoms with Gasteiger partial charge in [0.2, 0.25) is 0 Å². The Morgan fingerprint density at radius 2 is 1.88 bits per heavy atom. The first-order valence-corrected chi connectivity index (χ1v) is 11.4. The molecule has 0 bridgehead atoms. The second-order valence-electron chi connectivity index (χ2n) is 9.10. The predicted octanol–water partition coefficient (Wildman–Crippen LogP) is 3.94. The fraction of sp³-hybridized carbons (Fsp3) is 0.500. The van der Waals surface area contributed by atoms with Crippen molar-refractivity contribution >= 4 is 5.91 Å². The summed E-state index contributed by atoms with van der Waals surface area (Å²) in [5.41, 5.74) is 1.52. The van der Waals surface area contributed by atoms with Gasteiger partial charge in [-0.15, -0.1) is 0 Å². The molecule has 1 atom stereocenters. The molecule has 2 saturated heterocycles. The minimum atomic E-state index is -0.0830. The summed E-state index contributed by atoms with van der Waals surface area (Å²) >= 11 is 0. The summed E-state index contributed by atoms with van der Waals surface area (Å²) in [6.07, 6.45) is 2.01. The van der Waals surface area contributed by atoms with Gasteiger partial charge in [0, 0.05) is 25.1 Å². The smallest absolute Gasteiger partial charge is 0.258 e. The molecule has 2 aliphatic rings. The van der Waals surface area contributed by atoms with E-state index in [-0.39, 0.29) is 17.4 Å². The number of carbonyl (C=O) groups is 1. The van der Waals surface area contributed by atoms with E-state index in [1.54, 1.807) is 20.3 Å². The first kappa shape index (κ1) is 23.4. The Kier molecular flexibility index (Phi) is 7.40. The average Bonchev–Trinajstić information content (AvgIpc) is 3.34. The highest BCUT2D eigenvalue weighted by molar-refractivity contribution is 5.97. The van der Waals surface area contributed by atoms with Gasteiger partial charge in [0.25, 0.3) is 5.91 Å². The second kappa shape index (κ2) is 10.4. The topological polar surface area (TPSA) is 66.5 Å². The molecule has 2 heterocycles. The van der Waals surface area contributed by atoms with Gasteiger partial charge in [0.15, 0.2) is 11.5 Å². The molecule has 0 saturated carbocycles. The van der Waals surface area contributed by atoms with E-state index >= 15 is 0 Å². The van der Waals surface area contributed by atoms with E-state index in [1.165, 1.54) is 0 Å². The number of benzene rings is 2. The number of para-hydroxylation sites is 1. The van der Waals surface area contributed by atoms with E-state index < -0.39 is 0 Å². The maximum absolute atomic E-state index is 13.5. The van der Waals surface area contributed by atoms with Gasteiger partial charge in [0.05, 0.1) is 45.7 Å². The van der Waals surface area contributed by atoms with E-state index in [0.29, 0.717) is 55.7 Å². The van der Waals surface area contributed by atoms with Crippen LogP contribution in [-0.2, 0) is 16.0 Å². The fourth-order valence-electron chi connectivity index (χ4n) is 4.18. The molecule has 7 nitrogen and oxygen atoms in total. The van der Waals surface area contributed by atoms with Gasteiger partial charge in [-0.1, -0.05) is 25.1 Å². The summed E-state index contributed by atoms with van der Waals surface area (Å²) < 4.78 is 28.2. The lowest BCUT2D eigenvalue weighted by Gasteiger charge is -2.37. The van der Waals surface area contributed by atoms with E-state index in [4.69, 9.17) is 23.7 Å². The van der Waals surface area contributed by atoms with E-state index in [0.717, 1.165) is 25.0 Å². The van der Waals surface area contributed by atoms with Crippen LogP contribution in [0.3, 0.4) is 0 Å². The molecule has 1 amide bonds. The van der Waals surface area contributed by atoms with Crippen LogP contribution in [0, 0.1) is 5.41 Å². The molecular weight excluding hydrogens is 422 g/mol. The Morgan fingerprint density at radius 1 is 1.09 bits per heavy atom. The maximum atomic E-state index is 13.5. The minimum absolute atomic E-state index is 0.0205. The summed E-state index contributed by atoms with van der Waals surface area (Å²) in [4.78, 5) is 15.4. The average molecular weight is 456 g/mol. The van der Waals surface area contributed by atoms with Crippen LogP contribution in [0.4, 0.5) is 0 Å². The molecule has 2 aromatic rings. The number of hydrogen-bond acceptors (Lipinski definition) is 6. The van der Waals surface area contributed by atoms with Crippen molar-refractivity contribution in [2.75, 3.05) is 47.2 Å². The van der Waals surface area contributed by atoms with Crippen LogP contribution >= 0.6 is 0 Å². The Hall–Kier alpha value is -2.77. The molecule has 0 N–H and O–H groups in total. The zero-order valence-electron chi connectivity index (χ0n) is 19.7. The van der Waals surface area contributed by atoms with Gasteiger partial charge in [0.1, 0.15) is 5.75 Å². The SMILES string of the molecule is COc1ccc(CN(CC2CCCO2)C(=O)c2ccccc2OC)cc1OCC1(C)COC1. The lowest BCUT2D eigenvalue weighted by molar-refractivity contribution is -0.120. The second-order valence-corrected chi connectivity index (χ2v) is 9.10. The van der Waals surface area contributed by atoms with Gasteiger partial charge < -0.3 is 28.6 Å². The van der Waals surface area contributed by atoms with Crippen molar-refractivity contribution in [2.45, 2.75) is 32.4 Å². The van der Waals surface area contributed by atoms with Crippen LogP contribution in [0.1, 0.15) is 35.7 Å². The third kappa shape index (κ3) is 5.60. The number of carbonyl (C=O) groups excluding carboxylic acids is 1. The van der Waals surface area contributed by atoms with Crippen molar-refractivity contribution in [3.8, 4) is 17.2 Å². The highest BCUT2D eigenvalue weighted by atomic mass is 16.5. The van der Waals surface area contributed by atoms with Crippen molar-refractivity contribution < 1.29 is 28.5 Å². The molecule has 0 radical (unpaired) electrons. The van der Waals surface area contributed by atoms with Crippen molar-refractivity contribution in [1.29, 1.82) is 0 Å². The Labute approximate surface area is 195 Å². The van der Waals surface area contributed by atoms with Crippen LogP contribution in [0.25, 0.3) is 0 Å². The first-order valence-electron chi connectivity index (χ1n) is 11.4. The molecule has 0 spiro atoms. The van der Waals surface area contributed by atoms with Gasteiger partial charge >= 0.3 is 0 Å². The molecule has 2 aromatic carbocycles. The van der Waals surface area contributed by atoms with Crippen LogP contribution < -0.4 is 14.2 Å². The zero-order valence-corrected chi connectivity index (χ0v) is 19.7. The summed E-state index contributed by atoms with van der Waals surface area (Å²) in [7, 11) is 3.21. The van der Waals surface area contributed by atoms with Gasteiger partial charge in [-0.05, 0) is 42.7 Å². The normalized spacial score (nSPS) is 18.9. The molecule has 4 rings (SSSR count). The van der Waals surface area contributed by atoms with E-state index in [1.807, 2.05) is 41.3 Å². The molecule has 0 aliphatic carbocycles. The van der Waals surface area contributed by atoms with Crippen LogP contribution in [0.15, 0.2) is 42.5 Å². The fourth-order valence-corrected chi connectivity index (χ4v) is 4.18. The summed E-state index contributed by atoms with van der Waals surface area (Å²) in [5, 5.41) is 0. The number of methoxy groups -OCH3 is 2. The van der Waals surface area contributed by atoms with Gasteiger partial charge in [-0.3, -0.25) is 4.79 Å². The highest BCUT2D eigenvalue weighted by Gasteiger charge is 2.34. The van der Waals surface area contributed by atoms with E-state index in [9.17, 15) is 4.79 Å². The number of amides is 1. The summed E-state index contributed by atoms with van der Waals surface area (Å²) in [6, 6.07) is 13.1. The third-order valence-corrected chi connectivity index (χ3v) is 6.15. The van der Waals surface area contributed by atoms with Crippen molar-refractivity contribution in [3.05, 3.63) is 53.6 Å². The largest absolute Gasteiger partial charge is 0.496 e. The van der Waals surface area contributed by atoms with Gasteiger partial charge in [-0.25, -0.2) is 0 Å². The lowest BCUT2D eigenvalue weighted by Crippen LogP contribution is -2.44. The summed E-state index contributed by atoms with van der Waals surface area (Å²) in [5.74, 6) is 1.82. The monoisotopic (exact) mass is 455 g/mol. The van der Waals surface area contributed by atoms with Crippen LogP contribution in [-0.4, -0.2) is 64.1 Å². The highest BCUT2D eigenvalue weighted by Crippen LogP contribution is 2.33. The molecule has 7 heteroatoms. The molecular formula is C26H33NO6. The van der Waals surface area contributed by atoms with Gasteiger partial charge in [-0.2, -0.15) is 0 Å². The van der Waals surface area contributed by atoms with E-state index in [2.05, 4.69) is 6.92 Å². The maximum Gasteiger partial charge on any atom is 0.258 e. The minimum Gasteiger partial charge on any atom is -0.496 e.